The Kier molecular flexibility index (Phi) is 8.98. The van der Waals surface area contributed by atoms with E-state index in [0.29, 0.717) is 19.3 Å². The van der Waals surface area contributed by atoms with Crippen LogP contribution in [0.4, 0.5) is 0 Å². The minimum atomic E-state index is -1.33. The van der Waals surface area contributed by atoms with E-state index in [1.807, 2.05) is 18.2 Å². The molecule has 36 heavy (non-hydrogen) atoms. The van der Waals surface area contributed by atoms with Crippen molar-refractivity contribution in [3.05, 3.63) is 35.9 Å². The summed E-state index contributed by atoms with van der Waals surface area (Å²) in [6.45, 7) is 0.261. The molecule has 4 atom stereocenters. The van der Waals surface area contributed by atoms with Gasteiger partial charge in [0, 0.05) is 25.8 Å². The van der Waals surface area contributed by atoms with Crippen molar-refractivity contribution in [3.63, 3.8) is 0 Å². The molecule has 0 aromatic heterocycles. The van der Waals surface area contributed by atoms with Crippen molar-refractivity contribution in [1.82, 2.24) is 20.9 Å². The molecule has 0 unspecified atom stereocenters. The predicted molar refractivity (Wildman–Crippen MR) is 126 cm³/mol. The summed E-state index contributed by atoms with van der Waals surface area (Å²) in [4.78, 5) is 74.8. The summed E-state index contributed by atoms with van der Waals surface area (Å²) in [6, 6.07) is 5.09. The van der Waals surface area contributed by atoms with Gasteiger partial charge in [0.1, 0.15) is 24.2 Å². The zero-order valence-electron chi connectivity index (χ0n) is 19.8. The Hall–Kier alpha value is -3.96. The Morgan fingerprint density at radius 2 is 1.75 bits per heavy atom. The minimum absolute atomic E-state index is 0.170. The molecule has 0 saturated carbocycles. The van der Waals surface area contributed by atoms with Gasteiger partial charge in [-0.3, -0.25) is 24.0 Å². The Labute approximate surface area is 208 Å². The van der Waals surface area contributed by atoms with Gasteiger partial charge >= 0.3 is 5.97 Å². The number of benzene rings is 1. The molecule has 5 amide bonds. The molecule has 12 nitrogen and oxygen atoms in total. The number of nitrogens with zero attached hydrogens (tertiary/aromatic N) is 1. The number of hydrogen-bond acceptors (Lipinski definition) is 6. The van der Waals surface area contributed by atoms with Crippen LogP contribution in [0, 0.1) is 0 Å². The van der Waals surface area contributed by atoms with Gasteiger partial charge in [-0.2, -0.15) is 0 Å². The highest BCUT2D eigenvalue weighted by molar-refractivity contribution is 5.96. The van der Waals surface area contributed by atoms with Crippen molar-refractivity contribution in [3.8, 4) is 0 Å². The highest BCUT2D eigenvalue weighted by Crippen LogP contribution is 2.20. The molecule has 0 bridgehead atoms. The Morgan fingerprint density at radius 1 is 1.06 bits per heavy atom. The lowest BCUT2D eigenvalue weighted by molar-refractivity contribution is -0.145. The van der Waals surface area contributed by atoms with Crippen LogP contribution in [0.2, 0.25) is 0 Å². The second-order valence-corrected chi connectivity index (χ2v) is 9.00. The fourth-order valence-corrected chi connectivity index (χ4v) is 4.45. The highest BCUT2D eigenvalue weighted by atomic mass is 16.4. The quantitative estimate of drug-likeness (QED) is 0.252. The molecule has 6 N–H and O–H groups in total. The van der Waals surface area contributed by atoms with Gasteiger partial charge in [0.05, 0.1) is 0 Å². The first-order valence-electron chi connectivity index (χ1n) is 11.9. The van der Waals surface area contributed by atoms with E-state index in [2.05, 4.69) is 16.0 Å². The van der Waals surface area contributed by atoms with Gasteiger partial charge in [0.15, 0.2) is 0 Å². The first-order chi connectivity index (χ1) is 17.2. The lowest BCUT2D eigenvalue weighted by Gasteiger charge is -2.30. The largest absolute Gasteiger partial charge is 0.480 e. The SMILES string of the molecule is NC(=O)CC[C@H](NC(=O)[C@@H]1CCCN1C(=O)[C@H](Cc1ccccc1)NC(=O)[C@@H]1CCC(=O)N1)C(=O)O. The molecule has 194 valence electrons. The second kappa shape index (κ2) is 12.1. The topological polar surface area (TPSA) is 188 Å². The number of aliphatic carboxylic acids is 1. The maximum Gasteiger partial charge on any atom is 0.326 e. The maximum absolute atomic E-state index is 13.6. The molecule has 12 heteroatoms. The van der Waals surface area contributed by atoms with Crippen LogP contribution >= 0.6 is 0 Å². The summed E-state index contributed by atoms with van der Waals surface area (Å²) in [5.74, 6) is -3.84. The van der Waals surface area contributed by atoms with Crippen LogP contribution in [0.3, 0.4) is 0 Å². The number of carbonyl (C=O) groups is 6. The van der Waals surface area contributed by atoms with Gasteiger partial charge in [0.2, 0.25) is 29.5 Å². The predicted octanol–water partition coefficient (Wildman–Crippen LogP) is -1.18. The van der Waals surface area contributed by atoms with Gasteiger partial charge in [-0.1, -0.05) is 30.3 Å². The number of amides is 5. The number of carbonyl (C=O) groups excluding carboxylic acids is 5. The number of likely N-dealkylation sites (tertiary alicyclic amines) is 1. The van der Waals surface area contributed by atoms with Crippen molar-refractivity contribution in [1.29, 1.82) is 0 Å². The second-order valence-electron chi connectivity index (χ2n) is 9.00. The third-order valence-corrected chi connectivity index (χ3v) is 6.34. The summed E-state index contributed by atoms with van der Waals surface area (Å²) in [5.41, 5.74) is 5.89. The van der Waals surface area contributed by atoms with Crippen LogP contribution in [0.25, 0.3) is 0 Å². The normalized spacial score (nSPS) is 20.8. The van der Waals surface area contributed by atoms with Gasteiger partial charge < -0.3 is 31.7 Å². The van der Waals surface area contributed by atoms with Crippen LogP contribution in [-0.4, -0.2) is 76.2 Å². The van der Waals surface area contributed by atoms with Crippen LogP contribution in [0.5, 0.6) is 0 Å². The number of hydrogen-bond donors (Lipinski definition) is 5. The smallest absolute Gasteiger partial charge is 0.326 e. The van der Waals surface area contributed by atoms with Crippen molar-refractivity contribution in [2.75, 3.05) is 6.54 Å². The molecular formula is C24H31N5O7. The van der Waals surface area contributed by atoms with E-state index in [4.69, 9.17) is 5.73 Å². The fourth-order valence-electron chi connectivity index (χ4n) is 4.45. The van der Waals surface area contributed by atoms with Crippen molar-refractivity contribution in [2.45, 2.75) is 69.1 Å². The summed E-state index contributed by atoms with van der Waals surface area (Å²) < 4.78 is 0. The van der Waals surface area contributed by atoms with Crippen molar-refractivity contribution < 1.29 is 33.9 Å². The number of carboxylic acids is 1. The standard InChI is InChI=1S/C24H31N5O7/c25-19(30)10-8-16(24(35)36)27-22(33)18-7-4-12-29(18)23(34)17(13-14-5-2-1-3-6-14)28-21(32)15-9-11-20(31)26-15/h1-3,5-6,15-18H,4,7-13H2,(H2,25,30)(H,26,31)(H,27,33)(H,28,32)(H,35,36)/t15-,16-,17-,18-/m0/s1. The first-order valence-corrected chi connectivity index (χ1v) is 11.9. The van der Waals surface area contributed by atoms with Gasteiger partial charge in [0.25, 0.3) is 0 Å². The van der Waals surface area contributed by atoms with Gasteiger partial charge in [-0.15, -0.1) is 0 Å². The van der Waals surface area contributed by atoms with E-state index >= 15 is 0 Å². The molecule has 2 aliphatic heterocycles. The monoisotopic (exact) mass is 501 g/mol. The van der Waals surface area contributed by atoms with E-state index in [9.17, 15) is 33.9 Å². The zero-order valence-corrected chi connectivity index (χ0v) is 19.8. The zero-order chi connectivity index (χ0) is 26.2. The molecule has 1 aromatic rings. The summed E-state index contributed by atoms with van der Waals surface area (Å²) in [5, 5.41) is 17.1. The van der Waals surface area contributed by atoms with E-state index < -0.39 is 53.8 Å². The van der Waals surface area contributed by atoms with E-state index in [1.165, 1.54) is 4.90 Å². The molecule has 0 radical (unpaired) electrons. The van der Waals surface area contributed by atoms with Gasteiger partial charge in [-0.25, -0.2) is 4.79 Å². The molecule has 2 fully saturated rings. The maximum atomic E-state index is 13.6. The van der Waals surface area contributed by atoms with E-state index in [1.54, 1.807) is 12.1 Å². The van der Waals surface area contributed by atoms with Crippen LogP contribution in [0.15, 0.2) is 30.3 Å². The Bertz CT molecular complexity index is 1020. The number of rotatable bonds is 11. The molecule has 2 aliphatic rings. The molecule has 0 spiro atoms. The number of nitrogens with one attached hydrogen (secondary N) is 3. The summed E-state index contributed by atoms with van der Waals surface area (Å²) >= 11 is 0. The summed E-state index contributed by atoms with van der Waals surface area (Å²) in [6.07, 6.45) is 1.19. The molecule has 2 heterocycles. The molecule has 3 rings (SSSR count). The van der Waals surface area contributed by atoms with E-state index in [0.717, 1.165) is 5.56 Å². The molecule has 2 saturated heterocycles. The first kappa shape index (κ1) is 26.6. The number of primary amides is 1. The average Bonchev–Trinajstić information content (AvgIpc) is 3.50. The van der Waals surface area contributed by atoms with E-state index in [-0.39, 0.29) is 38.1 Å². The van der Waals surface area contributed by atoms with Crippen LogP contribution in [-0.2, 0) is 35.2 Å². The number of carboxylic acid groups (broad SMARTS) is 1. The van der Waals surface area contributed by atoms with Crippen molar-refractivity contribution >= 4 is 35.5 Å². The summed E-state index contributed by atoms with van der Waals surface area (Å²) in [7, 11) is 0. The minimum Gasteiger partial charge on any atom is -0.480 e. The lowest BCUT2D eigenvalue weighted by Crippen LogP contribution is -2.57. The lowest BCUT2D eigenvalue weighted by atomic mass is 10.0. The van der Waals surface area contributed by atoms with Crippen LogP contribution < -0.4 is 21.7 Å². The Morgan fingerprint density at radius 3 is 2.36 bits per heavy atom. The molecule has 0 aliphatic carbocycles. The molecular weight excluding hydrogens is 470 g/mol. The average molecular weight is 502 g/mol. The Balaban J connectivity index is 1.74. The number of nitrogens with two attached hydrogens (primary N) is 1. The highest BCUT2D eigenvalue weighted by Gasteiger charge is 2.39. The fraction of sp³-hybridized carbons (Fsp3) is 0.500. The third kappa shape index (κ3) is 7.03. The molecule has 1 aromatic carbocycles. The van der Waals surface area contributed by atoms with Crippen LogP contribution in [0.1, 0.15) is 44.1 Å². The van der Waals surface area contributed by atoms with Crippen molar-refractivity contribution in [2.24, 2.45) is 5.73 Å². The van der Waals surface area contributed by atoms with Gasteiger partial charge in [-0.05, 0) is 31.2 Å². The third-order valence-electron chi connectivity index (χ3n) is 6.34.